The van der Waals surface area contributed by atoms with Gasteiger partial charge in [0.15, 0.2) is 0 Å². The molecule has 108 valence electrons. The summed E-state index contributed by atoms with van der Waals surface area (Å²) < 4.78 is 0. The van der Waals surface area contributed by atoms with Gasteiger partial charge in [-0.3, -0.25) is 4.79 Å². The largest absolute Gasteiger partial charge is 0.338 e. The Morgan fingerprint density at radius 2 is 1.62 bits per heavy atom. The van der Waals surface area contributed by atoms with Gasteiger partial charge >= 0.3 is 0 Å². The zero-order chi connectivity index (χ0) is 14.7. The molecular formula is C19H21NO. The maximum absolute atomic E-state index is 12.5. The highest BCUT2D eigenvalue weighted by atomic mass is 16.2. The molecule has 0 radical (unpaired) electrons. The Morgan fingerprint density at radius 1 is 1.00 bits per heavy atom. The first kappa shape index (κ1) is 13.9. The van der Waals surface area contributed by atoms with Crippen molar-refractivity contribution in [2.75, 3.05) is 13.1 Å². The summed E-state index contributed by atoms with van der Waals surface area (Å²) in [7, 11) is 0. The molecule has 0 aromatic heterocycles. The zero-order valence-corrected chi connectivity index (χ0v) is 12.4. The predicted octanol–water partition coefficient (Wildman–Crippen LogP) is 3.95. The molecule has 1 aliphatic rings. The van der Waals surface area contributed by atoms with Crippen LogP contribution in [0, 0.1) is 5.92 Å². The number of rotatable bonds is 2. The zero-order valence-electron chi connectivity index (χ0n) is 12.4. The second-order valence-corrected chi connectivity index (χ2v) is 5.90. The van der Waals surface area contributed by atoms with Gasteiger partial charge in [-0.05, 0) is 36.0 Å². The van der Waals surface area contributed by atoms with Crippen LogP contribution < -0.4 is 0 Å². The number of nitrogens with zero attached hydrogens (tertiary/aromatic N) is 1. The van der Waals surface area contributed by atoms with E-state index in [-0.39, 0.29) is 5.91 Å². The molecule has 3 rings (SSSR count). The molecule has 0 aliphatic carbocycles. The lowest BCUT2D eigenvalue weighted by atomic mass is 9.81. The molecule has 2 nitrogen and oxygen atoms in total. The molecule has 1 fully saturated rings. The van der Waals surface area contributed by atoms with Crippen molar-refractivity contribution in [1.29, 1.82) is 0 Å². The second kappa shape index (κ2) is 6.13. The lowest BCUT2D eigenvalue weighted by molar-refractivity contribution is 0.0661. The van der Waals surface area contributed by atoms with Crippen LogP contribution >= 0.6 is 0 Å². The van der Waals surface area contributed by atoms with E-state index in [2.05, 4.69) is 37.3 Å². The number of hydrogen-bond acceptors (Lipinski definition) is 1. The van der Waals surface area contributed by atoms with Gasteiger partial charge in [-0.1, -0.05) is 55.5 Å². The van der Waals surface area contributed by atoms with Crippen LogP contribution in [0.3, 0.4) is 0 Å². The number of hydrogen-bond donors (Lipinski definition) is 0. The van der Waals surface area contributed by atoms with Crippen molar-refractivity contribution in [3.8, 4) is 0 Å². The van der Waals surface area contributed by atoms with Gasteiger partial charge in [0.05, 0.1) is 0 Å². The SMILES string of the molecule is CC1CN(C(=O)c2ccccc2)CC[C@H]1c1ccccc1. The van der Waals surface area contributed by atoms with Crippen LogP contribution in [0.15, 0.2) is 60.7 Å². The van der Waals surface area contributed by atoms with Crippen LogP contribution in [0.25, 0.3) is 0 Å². The summed E-state index contributed by atoms with van der Waals surface area (Å²) in [6.45, 7) is 3.94. The molecule has 0 spiro atoms. The molecule has 1 heterocycles. The third-order valence-electron chi connectivity index (χ3n) is 4.44. The molecule has 2 aromatic carbocycles. The molecule has 1 unspecified atom stereocenters. The summed E-state index contributed by atoms with van der Waals surface area (Å²) in [5.74, 6) is 1.22. The normalized spacial score (nSPS) is 22.0. The Balaban J connectivity index is 1.70. The summed E-state index contributed by atoms with van der Waals surface area (Å²) in [6.07, 6.45) is 1.05. The van der Waals surface area contributed by atoms with E-state index >= 15 is 0 Å². The third-order valence-corrected chi connectivity index (χ3v) is 4.44. The van der Waals surface area contributed by atoms with Gasteiger partial charge in [-0.15, -0.1) is 0 Å². The van der Waals surface area contributed by atoms with Gasteiger partial charge in [0.25, 0.3) is 5.91 Å². The predicted molar refractivity (Wildman–Crippen MR) is 85.3 cm³/mol. The highest BCUT2D eigenvalue weighted by molar-refractivity contribution is 5.94. The van der Waals surface area contributed by atoms with E-state index in [1.807, 2.05) is 35.2 Å². The van der Waals surface area contributed by atoms with Crippen molar-refractivity contribution in [3.05, 3.63) is 71.8 Å². The van der Waals surface area contributed by atoms with E-state index in [0.717, 1.165) is 25.1 Å². The first-order chi connectivity index (χ1) is 10.3. The minimum Gasteiger partial charge on any atom is -0.338 e. The number of amides is 1. The quantitative estimate of drug-likeness (QED) is 0.815. The van der Waals surface area contributed by atoms with Crippen LogP contribution in [-0.4, -0.2) is 23.9 Å². The number of benzene rings is 2. The number of piperidine rings is 1. The van der Waals surface area contributed by atoms with Crippen molar-refractivity contribution >= 4 is 5.91 Å². The van der Waals surface area contributed by atoms with Crippen molar-refractivity contribution in [2.24, 2.45) is 5.92 Å². The van der Waals surface area contributed by atoms with Gasteiger partial charge in [0.1, 0.15) is 0 Å². The summed E-state index contributed by atoms with van der Waals surface area (Å²) in [6, 6.07) is 20.3. The number of carbonyl (C=O) groups is 1. The molecule has 0 bridgehead atoms. The van der Waals surface area contributed by atoms with Crippen LogP contribution in [0.2, 0.25) is 0 Å². The minimum atomic E-state index is 0.161. The first-order valence-electron chi connectivity index (χ1n) is 7.65. The fourth-order valence-electron chi connectivity index (χ4n) is 3.29. The molecule has 21 heavy (non-hydrogen) atoms. The molecule has 2 aromatic rings. The molecule has 1 aliphatic heterocycles. The molecule has 0 saturated carbocycles. The van der Waals surface area contributed by atoms with E-state index < -0.39 is 0 Å². The average Bonchev–Trinajstić information content (AvgIpc) is 2.55. The molecule has 1 amide bonds. The standard InChI is InChI=1S/C19H21NO/c1-15-14-20(19(21)17-10-6-3-7-11-17)13-12-18(15)16-8-4-2-5-9-16/h2-11,15,18H,12-14H2,1H3/t15?,18-/m1/s1. The monoisotopic (exact) mass is 279 g/mol. The van der Waals surface area contributed by atoms with Crippen molar-refractivity contribution in [2.45, 2.75) is 19.3 Å². The lowest BCUT2D eigenvalue weighted by Gasteiger charge is -2.37. The van der Waals surface area contributed by atoms with E-state index in [9.17, 15) is 4.79 Å². The fourth-order valence-corrected chi connectivity index (χ4v) is 3.29. The van der Waals surface area contributed by atoms with Crippen molar-refractivity contribution in [1.82, 2.24) is 4.90 Å². The van der Waals surface area contributed by atoms with Gasteiger partial charge in [-0.25, -0.2) is 0 Å². The van der Waals surface area contributed by atoms with Crippen molar-refractivity contribution < 1.29 is 4.79 Å². The molecule has 1 saturated heterocycles. The van der Waals surface area contributed by atoms with E-state index in [1.165, 1.54) is 5.56 Å². The van der Waals surface area contributed by atoms with Crippen LogP contribution in [0.1, 0.15) is 35.2 Å². The van der Waals surface area contributed by atoms with Crippen LogP contribution in [-0.2, 0) is 0 Å². The third kappa shape index (κ3) is 2.99. The highest BCUT2D eigenvalue weighted by Gasteiger charge is 2.29. The molecular weight excluding hydrogens is 258 g/mol. The number of likely N-dealkylation sites (tertiary alicyclic amines) is 1. The highest BCUT2D eigenvalue weighted by Crippen LogP contribution is 2.33. The van der Waals surface area contributed by atoms with Gasteiger partial charge < -0.3 is 4.90 Å². The minimum absolute atomic E-state index is 0.161. The van der Waals surface area contributed by atoms with Gasteiger partial charge in [-0.2, -0.15) is 0 Å². The van der Waals surface area contributed by atoms with Crippen molar-refractivity contribution in [3.63, 3.8) is 0 Å². The Labute approximate surface area is 126 Å². The Bertz CT molecular complexity index is 593. The summed E-state index contributed by atoms with van der Waals surface area (Å²) in [5, 5.41) is 0. The summed E-state index contributed by atoms with van der Waals surface area (Å²) >= 11 is 0. The fraction of sp³-hybridized carbons (Fsp3) is 0.316. The topological polar surface area (TPSA) is 20.3 Å². The Morgan fingerprint density at radius 3 is 2.24 bits per heavy atom. The van der Waals surface area contributed by atoms with Gasteiger partial charge in [0, 0.05) is 18.7 Å². The van der Waals surface area contributed by atoms with Crippen LogP contribution in [0.5, 0.6) is 0 Å². The molecule has 2 atom stereocenters. The smallest absolute Gasteiger partial charge is 0.253 e. The van der Waals surface area contributed by atoms with E-state index in [4.69, 9.17) is 0 Å². The lowest BCUT2D eigenvalue weighted by Crippen LogP contribution is -2.42. The molecule has 0 N–H and O–H groups in total. The maximum atomic E-state index is 12.5. The average molecular weight is 279 g/mol. The second-order valence-electron chi connectivity index (χ2n) is 5.90. The van der Waals surface area contributed by atoms with Gasteiger partial charge in [0.2, 0.25) is 0 Å². The van der Waals surface area contributed by atoms with E-state index in [1.54, 1.807) is 0 Å². The summed E-state index contributed by atoms with van der Waals surface area (Å²) in [4.78, 5) is 14.5. The van der Waals surface area contributed by atoms with Crippen LogP contribution in [0.4, 0.5) is 0 Å². The Hall–Kier alpha value is -2.09. The summed E-state index contributed by atoms with van der Waals surface area (Å²) in [5.41, 5.74) is 2.19. The van der Waals surface area contributed by atoms with E-state index in [0.29, 0.717) is 11.8 Å². The molecule has 2 heteroatoms. The maximum Gasteiger partial charge on any atom is 0.253 e. The number of carbonyl (C=O) groups excluding carboxylic acids is 1. The first-order valence-corrected chi connectivity index (χ1v) is 7.65. The Kier molecular flexibility index (Phi) is 4.05.